The van der Waals surface area contributed by atoms with Gasteiger partial charge in [0.2, 0.25) is 5.91 Å². The van der Waals surface area contributed by atoms with Crippen molar-refractivity contribution in [1.82, 2.24) is 4.90 Å². The molecule has 1 aliphatic carbocycles. The van der Waals surface area contributed by atoms with E-state index < -0.39 is 17.0 Å². The molecule has 4 rings (SSSR count). The van der Waals surface area contributed by atoms with Crippen molar-refractivity contribution >= 4 is 21.8 Å². The minimum absolute atomic E-state index is 0.0118. The SMILES string of the molecule is CC.COCOCCN1C(=O)C2(COc3cc(F)c(F)cc32)C2=C(Br)C=CC=CC21. The van der Waals surface area contributed by atoms with Crippen LogP contribution in [0.2, 0.25) is 0 Å². The molecule has 1 fully saturated rings. The third-order valence-electron chi connectivity index (χ3n) is 5.23. The number of rotatable bonds is 5. The molecule has 1 saturated heterocycles. The van der Waals surface area contributed by atoms with Gasteiger partial charge in [-0.05, 0) is 17.7 Å². The fourth-order valence-electron chi connectivity index (χ4n) is 4.03. The average Bonchev–Trinajstić information content (AvgIpc) is 3.12. The highest BCUT2D eigenvalue weighted by molar-refractivity contribution is 9.11. The fourth-order valence-corrected chi connectivity index (χ4v) is 4.76. The van der Waals surface area contributed by atoms with Gasteiger partial charge in [0.05, 0.1) is 12.6 Å². The number of amides is 1. The molecule has 2 atom stereocenters. The van der Waals surface area contributed by atoms with Crippen LogP contribution in [0, 0.1) is 11.6 Å². The molecule has 2 unspecified atom stereocenters. The molecule has 1 spiro atoms. The van der Waals surface area contributed by atoms with Gasteiger partial charge in [-0.1, -0.05) is 48.0 Å². The lowest BCUT2D eigenvalue weighted by Gasteiger charge is -2.23. The Bertz CT molecular complexity index is 915. The second-order valence-electron chi connectivity index (χ2n) is 6.72. The molecule has 2 heterocycles. The van der Waals surface area contributed by atoms with Crippen LogP contribution >= 0.6 is 15.9 Å². The van der Waals surface area contributed by atoms with E-state index in [0.717, 1.165) is 22.2 Å². The summed E-state index contributed by atoms with van der Waals surface area (Å²) in [5.41, 5.74) is -0.121. The van der Waals surface area contributed by atoms with Crippen LogP contribution in [0.15, 0.2) is 46.5 Å². The van der Waals surface area contributed by atoms with Gasteiger partial charge in [-0.15, -0.1) is 0 Å². The van der Waals surface area contributed by atoms with Gasteiger partial charge in [-0.2, -0.15) is 0 Å². The van der Waals surface area contributed by atoms with Gasteiger partial charge >= 0.3 is 0 Å². The Hall–Kier alpha value is -2.03. The molecule has 0 radical (unpaired) electrons. The number of carbonyl (C=O) groups is 1. The van der Waals surface area contributed by atoms with Gasteiger partial charge in [0.15, 0.2) is 11.6 Å². The van der Waals surface area contributed by atoms with Crippen molar-refractivity contribution < 1.29 is 27.8 Å². The van der Waals surface area contributed by atoms with E-state index in [1.807, 2.05) is 38.2 Å². The van der Waals surface area contributed by atoms with E-state index in [2.05, 4.69) is 15.9 Å². The third kappa shape index (κ3) is 3.61. The summed E-state index contributed by atoms with van der Waals surface area (Å²) in [6.07, 6.45) is 7.45. The van der Waals surface area contributed by atoms with Gasteiger partial charge in [-0.3, -0.25) is 4.79 Å². The highest BCUT2D eigenvalue weighted by Gasteiger charge is 2.61. The predicted octanol–water partition coefficient (Wildman–Crippen LogP) is 4.23. The van der Waals surface area contributed by atoms with Crippen molar-refractivity contribution in [2.75, 3.05) is 33.7 Å². The lowest BCUT2D eigenvalue weighted by atomic mass is 9.75. The van der Waals surface area contributed by atoms with Gasteiger partial charge < -0.3 is 19.1 Å². The first-order valence-electron chi connectivity index (χ1n) is 9.76. The average molecular weight is 484 g/mol. The molecule has 1 aromatic carbocycles. The van der Waals surface area contributed by atoms with E-state index in [4.69, 9.17) is 14.2 Å². The van der Waals surface area contributed by atoms with Crippen molar-refractivity contribution in [2.45, 2.75) is 25.3 Å². The van der Waals surface area contributed by atoms with Crippen LogP contribution in [-0.4, -0.2) is 50.5 Å². The molecule has 2 aliphatic heterocycles. The first-order chi connectivity index (χ1) is 14.5. The zero-order chi connectivity index (χ0) is 21.9. The Morgan fingerprint density at radius 1 is 1.27 bits per heavy atom. The Morgan fingerprint density at radius 3 is 2.73 bits per heavy atom. The number of hydrogen-bond acceptors (Lipinski definition) is 4. The van der Waals surface area contributed by atoms with Crippen LogP contribution in [0.1, 0.15) is 19.4 Å². The smallest absolute Gasteiger partial charge is 0.242 e. The van der Waals surface area contributed by atoms with E-state index in [9.17, 15) is 13.6 Å². The Kier molecular flexibility index (Phi) is 7.10. The predicted molar refractivity (Wildman–Crippen MR) is 112 cm³/mol. The maximum absolute atomic E-state index is 14.1. The Labute approximate surface area is 183 Å². The number of ether oxygens (including phenoxy) is 3. The zero-order valence-corrected chi connectivity index (χ0v) is 18.7. The van der Waals surface area contributed by atoms with Gasteiger partial charge in [-0.25, -0.2) is 8.78 Å². The number of carbonyl (C=O) groups excluding carboxylic acids is 1. The Balaban J connectivity index is 0.00000124. The number of nitrogens with zero attached hydrogens (tertiary/aromatic N) is 1. The number of allylic oxidation sites excluding steroid dienone is 4. The van der Waals surface area contributed by atoms with Crippen LogP contribution in [0.5, 0.6) is 5.75 Å². The molecule has 3 aliphatic rings. The van der Waals surface area contributed by atoms with E-state index >= 15 is 0 Å². The molecule has 1 aromatic rings. The molecular weight excluding hydrogens is 460 g/mol. The summed E-state index contributed by atoms with van der Waals surface area (Å²) in [5.74, 6) is -2.05. The van der Waals surface area contributed by atoms with Crippen molar-refractivity contribution in [1.29, 1.82) is 0 Å². The normalized spacial score (nSPS) is 23.9. The minimum Gasteiger partial charge on any atom is -0.491 e. The van der Waals surface area contributed by atoms with Crippen LogP contribution in [0.25, 0.3) is 0 Å². The number of halogens is 3. The second kappa shape index (κ2) is 9.41. The van der Waals surface area contributed by atoms with Crippen LogP contribution < -0.4 is 4.74 Å². The second-order valence-corrected chi connectivity index (χ2v) is 7.57. The van der Waals surface area contributed by atoms with E-state index in [1.165, 1.54) is 7.11 Å². The monoisotopic (exact) mass is 483 g/mol. The van der Waals surface area contributed by atoms with Gasteiger partial charge in [0.25, 0.3) is 0 Å². The summed E-state index contributed by atoms with van der Waals surface area (Å²) >= 11 is 3.56. The fraction of sp³-hybridized carbons (Fsp3) is 0.409. The van der Waals surface area contributed by atoms with Gasteiger partial charge in [0.1, 0.15) is 24.6 Å². The Morgan fingerprint density at radius 2 is 2.00 bits per heavy atom. The maximum atomic E-state index is 14.1. The lowest BCUT2D eigenvalue weighted by molar-refractivity contribution is -0.134. The third-order valence-corrected chi connectivity index (χ3v) is 5.92. The maximum Gasteiger partial charge on any atom is 0.242 e. The molecule has 8 heteroatoms. The highest BCUT2D eigenvalue weighted by atomic mass is 79.9. The first-order valence-corrected chi connectivity index (χ1v) is 10.5. The molecule has 1 amide bonds. The van der Waals surface area contributed by atoms with Crippen molar-refractivity contribution in [3.8, 4) is 5.75 Å². The van der Waals surface area contributed by atoms with Crippen molar-refractivity contribution in [2.24, 2.45) is 0 Å². The molecule has 0 bridgehead atoms. The number of likely N-dealkylation sites (tertiary alicyclic amines) is 1. The summed E-state index contributed by atoms with van der Waals surface area (Å²) < 4.78 is 44.4. The lowest BCUT2D eigenvalue weighted by Crippen LogP contribution is -2.41. The van der Waals surface area contributed by atoms with E-state index in [-0.39, 0.29) is 37.7 Å². The molecule has 0 saturated carbocycles. The molecule has 0 N–H and O–H groups in total. The first kappa shape index (κ1) is 22.7. The summed E-state index contributed by atoms with van der Waals surface area (Å²) in [5, 5.41) is 0. The zero-order valence-electron chi connectivity index (χ0n) is 17.1. The molecule has 0 aromatic heterocycles. The number of hydrogen-bond donors (Lipinski definition) is 0. The summed E-state index contributed by atoms with van der Waals surface area (Å²) in [6.45, 7) is 4.71. The van der Waals surface area contributed by atoms with E-state index in [0.29, 0.717) is 12.1 Å². The van der Waals surface area contributed by atoms with E-state index in [1.54, 1.807) is 4.90 Å². The number of methoxy groups -OCH3 is 1. The standard InChI is InChI=1S/C20H18BrF2NO4.C2H6/c1-26-11-27-7-6-24-16-5-3-2-4-13(21)18(16)20(19(24)25)10-28-17-9-15(23)14(22)8-12(17)20;1-2/h2-5,8-9,16H,6-7,10-11H2,1H3;1-2H3. The van der Waals surface area contributed by atoms with Gasteiger partial charge in [0, 0.05) is 29.8 Å². The molecule has 162 valence electrons. The molecular formula is C22H24BrF2NO4. The van der Waals surface area contributed by atoms with Crippen LogP contribution in [0.3, 0.4) is 0 Å². The topological polar surface area (TPSA) is 48.0 Å². The minimum atomic E-state index is -1.21. The van der Waals surface area contributed by atoms with Crippen molar-refractivity contribution in [3.05, 3.63) is 63.7 Å². The van der Waals surface area contributed by atoms with Crippen molar-refractivity contribution in [3.63, 3.8) is 0 Å². The quantitative estimate of drug-likeness (QED) is 0.464. The number of benzene rings is 1. The van der Waals surface area contributed by atoms with Crippen LogP contribution in [-0.2, 0) is 19.7 Å². The molecule has 5 nitrogen and oxygen atoms in total. The number of fused-ring (bicyclic) bond motifs is 4. The molecule has 30 heavy (non-hydrogen) atoms. The summed E-state index contributed by atoms with van der Waals surface area (Å²) in [4.78, 5) is 15.3. The largest absolute Gasteiger partial charge is 0.491 e. The highest BCUT2D eigenvalue weighted by Crippen LogP contribution is 2.53. The van der Waals surface area contributed by atoms with Crippen LogP contribution in [0.4, 0.5) is 8.78 Å². The summed E-state index contributed by atoms with van der Waals surface area (Å²) in [6, 6.07) is 1.72. The summed E-state index contributed by atoms with van der Waals surface area (Å²) in [7, 11) is 1.52.